The number of rotatable bonds is 8. The zero-order valence-electron chi connectivity index (χ0n) is 16.1. The molecule has 1 aliphatic rings. The normalized spacial score (nSPS) is 14.7. The zero-order valence-corrected chi connectivity index (χ0v) is 16.1. The Bertz CT molecular complexity index is 840. The van der Waals surface area contributed by atoms with Gasteiger partial charge in [-0.1, -0.05) is 24.6 Å². The average Bonchev–Trinajstić information content (AvgIpc) is 3.23. The number of benzene rings is 2. The van der Waals surface area contributed by atoms with Gasteiger partial charge in [0.2, 0.25) is 0 Å². The van der Waals surface area contributed by atoms with Gasteiger partial charge in [0, 0.05) is 6.54 Å². The minimum absolute atomic E-state index is 0.418. The first-order valence-corrected chi connectivity index (χ1v) is 10.0. The van der Waals surface area contributed by atoms with E-state index in [0.29, 0.717) is 6.61 Å². The molecule has 2 heterocycles. The highest BCUT2D eigenvalue weighted by Crippen LogP contribution is 2.21. The molecule has 2 aromatic carbocycles. The van der Waals surface area contributed by atoms with E-state index in [-0.39, 0.29) is 0 Å². The van der Waals surface area contributed by atoms with E-state index in [1.54, 1.807) is 0 Å². The molecule has 1 N–H and O–H groups in total. The number of aromatic nitrogens is 2. The number of para-hydroxylation sites is 1. The molecular formula is C23H27N3O2. The van der Waals surface area contributed by atoms with Crippen molar-refractivity contribution in [3.8, 4) is 22.8 Å². The lowest BCUT2D eigenvalue weighted by Crippen LogP contribution is -2.33. The Balaban J connectivity index is 1.27. The van der Waals surface area contributed by atoms with Gasteiger partial charge >= 0.3 is 0 Å². The van der Waals surface area contributed by atoms with Crippen LogP contribution in [0.2, 0.25) is 0 Å². The largest absolute Gasteiger partial charge is 0.492 e. The summed E-state index contributed by atoms with van der Waals surface area (Å²) < 4.78 is 11.6. The second-order valence-electron chi connectivity index (χ2n) is 7.12. The molecule has 146 valence electrons. The second kappa shape index (κ2) is 9.42. The predicted molar refractivity (Wildman–Crippen MR) is 111 cm³/mol. The Morgan fingerprint density at radius 3 is 2.39 bits per heavy atom. The van der Waals surface area contributed by atoms with Crippen LogP contribution in [0.1, 0.15) is 25.1 Å². The van der Waals surface area contributed by atoms with E-state index < -0.39 is 0 Å². The van der Waals surface area contributed by atoms with Gasteiger partial charge in [-0.05, 0) is 67.9 Å². The molecule has 5 nitrogen and oxygen atoms in total. The van der Waals surface area contributed by atoms with E-state index in [1.165, 1.54) is 32.4 Å². The molecule has 0 unspecified atom stereocenters. The van der Waals surface area contributed by atoms with Crippen molar-refractivity contribution >= 4 is 0 Å². The van der Waals surface area contributed by atoms with Crippen LogP contribution in [0, 0.1) is 0 Å². The van der Waals surface area contributed by atoms with Gasteiger partial charge in [-0.15, -0.1) is 0 Å². The van der Waals surface area contributed by atoms with Crippen LogP contribution in [0.25, 0.3) is 11.3 Å². The lowest BCUT2D eigenvalue weighted by Gasteiger charge is -2.26. The molecule has 0 amide bonds. The summed E-state index contributed by atoms with van der Waals surface area (Å²) in [6.45, 7) is 4.58. The number of nitrogens with one attached hydrogen (secondary N) is 1. The van der Waals surface area contributed by atoms with Crippen LogP contribution >= 0.6 is 0 Å². The number of hydrogen-bond acceptors (Lipinski definition) is 4. The lowest BCUT2D eigenvalue weighted by atomic mass is 10.1. The molecular weight excluding hydrogens is 350 g/mol. The molecule has 3 aromatic rings. The van der Waals surface area contributed by atoms with Crippen molar-refractivity contribution in [2.75, 3.05) is 26.2 Å². The van der Waals surface area contributed by atoms with E-state index in [2.05, 4.69) is 27.0 Å². The molecule has 4 rings (SSSR count). The number of likely N-dealkylation sites (tertiary alicyclic amines) is 1. The second-order valence-corrected chi connectivity index (χ2v) is 7.12. The number of hydrogen-bond donors (Lipinski definition) is 1. The summed E-state index contributed by atoms with van der Waals surface area (Å²) in [5.74, 6) is 2.56. The van der Waals surface area contributed by atoms with Gasteiger partial charge in [-0.3, -0.25) is 4.90 Å². The van der Waals surface area contributed by atoms with Crippen LogP contribution in [0.5, 0.6) is 11.5 Å². The van der Waals surface area contributed by atoms with Gasteiger partial charge in [0.15, 0.2) is 0 Å². The monoisotopic (exact) mass is 377 g/mol. The summed E-state index contributed by atoms with van der Waals surface area (Å²) in [4.78, 5) is 10.2. The summed E-state index contributed by atoms with van der Waals surface area (Å²) >= 11 is 0. The molecule has 1 saturated heterocycles. The molecule has 1 aliphatic heterocycles. The van der Waals surface area contributed by atoms with Crippen molar-refractivity contribution in [3.05, 3.63) is 66.6 Å². The van der Waals surface area contributed by atoms with E-state index in [1.807, 2.05) is 48.7 Å². The Labute approximate surface area is 166 Å². The highest BCUT2D eigenvalue weighted by Gasteiger charge is 2.09. The molecule has 0 bridgehead atoms. The maximum absolute atomic E-state index is 5.90. The first kappa shape index (κ1) is 18.6. The fourth-order valence-electron chi connectivity index (χ4n) is 3.46. The summed E-state index contributed by atoms with van der Waals surface area (Å²) in [6.07, 6.45) is 5.84. The number of imidazole rings is 1. The molecule has 0 saturated carbocycles. The Morgan fingerprint density at radius 2 is 1.61 bits per heavy atom. The fourth-order valence-corrected chi connectivity index (χ4v) is 3.46. The smallest absolute Gasteiger partial charge is 0.146 e. The van der Waals surface area contributed by atoms with Gasteiger partial charge < -0.3 is 14.5 Å². The van der Waals surface area contributed by atoms with Crippen molar-refractivity contribution in [3.63, 3.8) is 0 Å². The Morgan fingerprint density at radius 1 is 0.857 bits per heavy atom. The summed E-state index contributed by atoms with van der Waals surface area (Å²) in [5.41, 5.74) is 2.06. The molecule has 0 radical (unpaired) electrons. The standard InChI is InChI=1S/C23H27N3O2/c1-3-7-20(8-4-1)28-18-23-24-17-22(25-23)19-9-11-21(12-10-19)27-16-15-26-13-5-2-6-14-26/h1,3-4,7-12,17H,2,5-6,13-16,18H2,(H,24,25). The third-order valence-electron chi connectivity index (χ3n) is 5.04. The average molecular weight is 377 g/mol. The Kier molecular flexibility index (Phi) is 6.25. The summed E-state index contributed by atoms with van der Waals surface area (Å²) in [6, 6.07) is 17.9. The zero-order chi connectivity index (χ0) is 19.0. The van der Waals surface area contributed by atoms with E-state index >= 15 is 0 Å². The quantitative estimate of drug-likeness (QED) is 0.627. The first-order chi connectivity index (χ1) is 13.9. The summed E-state index contributed by atoms with van der Waals surface area (Å²) in [5, 5.41) is 0. The minimum atomic E-state index is 0.418. The maximum Gasteiger partial charge on any atom is 0.146 e. The highest BCUT2D eigenvalue weighted by atomic mass is 16.5. The first-order valence-electron chi connectivity index (χ1n) is 10.0. The van der Waals surface area contributed by atoms with Crippen molar-refractivity contribution in [2.45, 2.75) is 25.9 Å². The Hall–Kier alpha value is -2.79. The van der Waals surface area contributed by atoms with Crippen LogP contribution in [0.3, 0.4) is 0 Å². The van der Waals surface area contributed by atoms with Crippen LogP contribution in [-0.2, 0) is 6.61 Å². The number of piperidine rings is 1. The van der Waals surface area contributed by atoms with Crippen LogP contribution in [0.4, 0.5) is 0 Å². The van der Waals surface area contributed by atoms with Crippen molar-refractivity contribution in [1.29, 1.82) is 0 Å². The van der Waals surface area contributed by atoms with Crippen LogP contribution in [-0.4, -0.2) is 41.1 Å². The predicted octanol–water partition coefficient (Wildman–Crippen LogP) is 4.52. The number of H-pyrrole nitrogens is 1. The van der Waals surface area contributed by atoms with E-state index in [0.717, 1.165) is 41.7 Å². The van der Waals surface area contributed by atoms with E-state index in [4.69, 9.17) is 9.47 Å². The van der Waals surface area contributed by atoms with Gasteiger partial charge in [0.1, 0.15) is 30.5 Å². The SMILES string of the molecule is c1ccc(OCc2ncc(-c3ccc(OCCN4CCCCC4)cc3)[nH]2)cc1. The van der Waals surface area contributed by atoms with E-state index in [9.17, 15) is 0 Å². The van der Waals surface area contributed by atoms with Gasteiger partial charge in [-0.2, -0.15) is 0 Å². The molecule has 1 aromatic heterocycles. The molecule has 0 spiro atoms. The topological polar surface area (TPSA) is 50.4 Å². The molecule has 0 aliphatic carbocycles. The van der Waals surface area contributed by atoms with Crippen LogP contribution < -0.4 is 9.47 Å². The van der Waals surface area contributed by atoms with Crippen LogP contribution in [0.15, 0.2) is 60.8 Å². The number of nitrogens with zero attached hydrogens (tertiary/aromatic N) is 2. The highest BCUT2D eigenvalue weighted by molar-refractivity contribution is 5.59. The molecule has 28 heavy (non-hydrogen) atoms. The molecule has 5 heteroatoms. The fraction of sp³-hybridized carbons (Fsp3) is 0.348. The summed E-state index contributed by atoms with van der Waals surface area (Å²) in [7, 11) is 0. The van der Waals surface area contributed by atoms with Gasteiger partial charge in [-0.25, -0.2) is 4.98 Å². The third kappa shape index (κ3) is 5.14. The van der Waals surface area contributed by atoms with Gasteiger partial charge in [0.05, 0.1) is 11.9 Å². The van der Waals surface area contributed by atoms with Crippen molar-refractivity contribution in [1.82, 2.24) is 14.9 Å². The minimum Gasteiger partial charge on any atom is -0.492 e. The lowest BCUT2D eigenvalue weighted by molar-refractivity contribution is 0.183. The van der Waals surface area contributed by atoms with Crippen molar-refractivity contribution in [2.24, 2.45) is 0 Å². The number of aromatic amines is 1. The molecule has 1 fully saturated rings. The third-order valence-corrected chi connectivity index (χ3v) is 5.04. The van der Waals surface area contributed by atoms with Crippen molar-refractivity contribution < 1.29 is 9.47 Å². The maximum atomic E-state index is 5.90. The number of ether oxygens (including phenoxy) is 2. The molecule has 0 atom stereocenters. The van der Waals surface area contributed by atoms with Gasteiger partial charge in [0.25, 0.3) is 0 Å².